The van der Waals surface area contributed by atoms with E-state index >= 15 is 0 Å². The molecule has 1 saturated carbocycles. The van der Waals surface area contributed by atoms with E-state index in [2.05, 4.69) is 10.9 Å². The van der Waals surface area contributed by atoms with Gasteiger partial charge in [0, 0.05) is 26.1 Å². The highest BCUT2D eigenvalue weighted by Crippen LogP contribution is 2.27. The maximum absolute atomic E-state index is 12.1. The van der Waals surface area contributed by atoms with Crippen LogP contribution in [0, 0.1) is 5.92 Å². The minimum absolute atomic E-state index is 0.0254. The summed E-state index contributed by atoms with van der Waals surface area (Å²) in [6.07, 6.45) is 4.79. The fourth-order valence-electron chi connectivity index (χ4n) is 2.73. The first-order valence-corrected chi connectivity index (χ1v) is 9.36. The largest absolute Gasteiger partial charge is 0.273 e. The van der Waals surface area contributed by atoms with E-state index in [9.17, 15) is 18.0 Å². The SMILES string of the molecule is CN(C)S(=O)(=O)c1cccc(C(=O)NNC(=O)CC2CCCC2)c1. The molecule has 0 radical (unpaired) electrons. The van der Waals surface area contributed by atoms with Gasteiger partial charge in [-0.25, -0.2) is 12.7 Å². The number of benzene rings is 1. The normalized spacial score (nSPS) is 15.5. The number of hydrogen-bond acceptors (Lipinski definition) is 4. The van der Waals surface area contributed by atoms with Gasteiger partial charge < -0.3 is 0 Å². The van der Waals surface area contributed by atoms with Crippen LogP contribution >= 0.6 is 0 Å². The highest BCUT2D eigenvalue weighted by Gasteiger charge is 2.20. The summed E-state index contributed by atoms with van der Waals surface area (Å²) in [5.41, 5.74) is 4.89. The Bertz CT molecular complexity index is 710. The number of carbonyl (C=O) groups is 2. The molecule has 2 amide bonds. The van der Waals surface area contributed by atoms with Crippen molar-refractivity contribution in [2.24, 2.45) is 5.92 Å². The fourth-order valence-corrected chi connectivity index (χ4v) is 3.68. The van der Waals surface area contributed by atoms with Crippen LogP contribution < -0.4 is 10.9 Å². The van der Waals surface area contributed by atoms with Gasteiger partial charge in [0.2, 0.25) is 15.9 Å². The second-order valence-electron chi connectivity index (χ2n) is 6.17. The highest BCUT2D eigenvalue weighted by molar-refractivity contribution is 7.89. The van der Waals surface area contributed by atoms with E-state index in [0.29, 0.717) is 12.3 Å². The molecule has 0 saturated heterocycles. The number of hydrogen-bond donors (Lipinski definition) is 2. The lowest BCUT2D eigenvalue weighted by atomic mass is 10.0. The summed E-state index contributed by atoms with van der Waals surface area (Å²) in [4.78, 5) is 23.9. The summed E-state index contributed by atoms with van der Waals surface area (Å²) in [5.74, 6) is -0.395. The van der Waals surface area contributed by atoms with E-state index < -0.39 is 15.9 Å². The lowest BCUT2D eigenvalue weighted by molar-refractivity contribution is -0.122. The van der Waals surface area contributed by atoms with Crippen molar-refractivity contribution in [2.45, 2.75) is 37.0 Å². The van der Waals surface area contributed by atoms with Crippen molar-refractivity contribution >= 4 is 21.8 Å². The average Bonchev–Trinajstić information content (AvgIpc) is 3.05. The summed E-state index contributed by atoms with van der Waals surface area (Å²) in [6, 6.07) is 5.69. The molecule has 132 valence electrons. The molecule has 24 heavy (non-hydrogen) atoms. The van der Waals surface area contributed by atoms with Crippen LogP contribution in [0.4, 0.5) is 0 Å². The van der Waals surface area contributed by atoms with Gasteiger partial charge in [-0.1, -0.05) is 18.9 Å². The zero-order valence-electron chi connectivity index (χ0n) is 13.9. The van der Waals surface area contributed by atoms with Gasteiger partial charge in [0.05, 0.1) is 4.90 Å². The molecule has 2 N–H and O–H groups in total. The number of carbonyl (C=O) groups excluding carboxylic acids is 2. The van der Waals surface area contributed by atoms with Gasteiger partial charge in [0.1, 0.15) is 0 Å². The summed E-state index contributed by atoms with van der Waals surface area (Å²) < 4.78 is 25.3. The smallest absolute Gasteiger partial charge is 0.269 e. The number of nitrogens with zero attached hydrogens (tertiary/aromatic N) is 1. The minimum atomic E-state index is -3.61. The topological polar surface area (TPSA) is 95.6 Å². The van der Waals surface area contributed by atoms with Crippen LogP contribution in [0.5, 0.6) is 0 Å². The van der Waals surface area contributed by atoms with Gasteiger partial charge in [-0.05, 0) is 37.0 Å². The molecule has 1 aromatic rings. The van der Waals surface area contributed by atoms with Crippen molar-refractivity contribution in [3.63, 3.8) is 0 Å². The molecule has 0 spiro atoms. The maximum Gasteiger partial charge on any atom is 0.269 e. The van der Waals surface area contributed by atoms with Crippen LogP contribution in [0.2, 0.25) is 0 Å². The van der Waals surface area contributed by atoms with Crippen molar-refractivity contribution in [1.82, 2.24) is 15.2 Å². The van der Waals surface area contributed by atoms with Crippen molar-refractivity contribution < 1.29 is 18.0 Å². The molecule has 1 aliphatic carbocycles. The van der Waals surface area contributed by atoms with Crippen LogP contribution in [-0.4, -0.2) is 38.6 Å². The van der Waals surface area contributed by atoms with Gasteiger partial charge in [0.25, 0.3) is 5.91 Å². The molecule has 0 bridgehead atoms. The standard InChI is InChI=1S/C16H23N3O4S/c1-19(2)24(22,23)14-9-5-8-13(11-14)16(21)18-17-15(20)10-12-6-3-4-7-12/h5,8-9,11-12H,3-4,6-7,10H2,1-2H3,(H,17,20)(H,18,21). The molecule has 0 aromatic heterocycles. The first-order chi connectivity index (χ1) is 11.3. The van der Waals surface area contributed by atoms with Gasteiger partial charge >= 0.3 is 0 Å². The molecule has 1 aliphatic rings. The quantitative estimate of drug-likeness (QED) is 0.780. The molecule has 0 atom stereocenters. The van der Waals surface area contributed by atoms with Gasteiger partial charge in [-0.3, -0.25) is 20.4 Å². The van der Waals surface area contributed by atoms with E-state index in [0.717, 1.165) is 30.0 Å². The first-order valence-electron chi connectivity index (χ1n) is 7.92. The Morgan fingerprint density at radius 2 is 1.83 bits per heavy atom. The zero-order chi connectivity index (χ0) is 17.7. The van der Waals surface area contributed by atoms with Crippen LogP contribution in [0.3, 0.4) is 0 Å². The Morgan fingerprint density at radius 3 is 2.46 bits per heavy atom. The van der Waals surface area contributed by atoms with Crippen LogP contribution in [0.15, 0.2) is 29.2 Å². The summed E-state index contributed by atoms with van der Waals surface area (Å²) >= 11 is 0. The average molecular weight is 353 g/mol. The van der Waals surface area contributed by atoms with Crippen LogP contribution in [0.25, 0.3) is 0 Å². The molecule has 7 nitrogen and oxygen atoms in total. The van der Waals surface area contributed by atoms with Crippen molar-refractivity contribution in [3.8, 4) is 0 Å². The second kappa shape index (κ2) is 7.76. The molecule has 2 rings (SSSR count). The Labute approximate surface area is 142 Å². The van der Waals surface area contributed by atoms with Gasteiger partial charge in [-0.15, -0.1) is 0 Å². The van der Waals surface area contributed by atoms with Crippen LogP contribution in [-0.2, 0) is 14.8 Å². The summed E-state index contributed by atoms with van der Waals surface area (Å²) in [5, 5.41) is 0. The van der Waals surface area contributed by atoms with Crippen molar-refractivity contribution in [1.29, 1.82) is 0 Å². The molecular weight excluding hydrogens is 330 g/mol. The lowest BCUT2D eigenvalue weighted by Gasteiger charge is -2.13. The lowest BCUT2D eigenvalue weighted by Crippen LogP contribution is -2.42. The molecule has 1 fully saturated rings. The van der Waals surface area contributed by atoms with E-state index in [1.807, 2.05) is 0 Å². The number of hydrazine groups is 1. The number of rotatable bonds is 5. The first kappa shape index (κ1) is 18.4. The molecule has 1 aromatic carbocycles. The second-order valence-corrected chi connectivity index (χ2v) is 8.32. The summed E-state index contributed by atoms with van der Waals surface area (Å²) in [6.45, 7) is 0. The Kier molecular flexibility index (Phi) is 5.95. The van der Waals surface area contributed by atoms with Gasteiger partial charge in [-0.2, -0.15) is 0 Å². The third-order valence-corrected chi connectivity index (χ3v) is 5.95. The predicted molar refractivity (Wildman–Crippen MR) is 89.5 cm³/mol. The number of nitrogens with one attached hydrogen (secondary N) is 2. The minimum Gasteiger partial charge on any atom is -0.273 e. The van der Waals surface area contributed by atoms with Gasteiger partial charge in [0.15, 0.2) is 0 Å². The number of amides is 2. The Balaban J connectivity index is 1.96. The molecule has 8 heteroatoms. The Hall–Kier alpha value is -1.93. The molecule has 0 aliphatic heterocycles. The summed E-state index contributed by atoms with van der Waals surface area (Å²) in [7, 11) is -0.770. The van der Waals surface area contributed by atoms with Crippen molar-refractivity contribution in [3.05, 3.63) is 29.8 Å². The monoisotopic (exact) mass is 353 g/mol. The predicted octanol–water partition coefficient (Wildman–Crippen LogP) is 1.28. The molecular formula is C16H23N3O4S. The third kappa shape index (κ3) is 4.55. The fraction of sp³-hybridized carbons (Fsp3) is 0.500. The molecule has 0 unspecified atom stereocenters. The number of sulfonamides is 1. The van der Waals surface area contributed by atoms with E-state index in [1.165, 1.54) is 38.4 Å². The Morgan fingerprint density at radius 1 is 1.17 bits per heavy atom. The highest BCUT2D eigenvalue weighted by atomic mass is 32.2. The van der Waals surface area contributed by atoms with E-state index in [1.54, 1.807) is 0 Å². The zero-order valence-corrected chi connectivity index (χ0v) is 14.7. The third-order valence-electron chi connectivity index (χ3n) is 4.14. The maximum atomic E-state index is 12.1. The van der Waals surface area contributed by atoms with Crippen molar-refractivity contribution in [2.75, 3.05) is 14.1 Å². The molecule has 0 heterocycles. The van der Waals surface area contributed by atoms with Crippen LogP contribution in [0.1, 0.15) is 42.5 Å². The van der Waals surface area contributed by atoms with E-state index in [-0.39, 0.29) is 16.4 Å². The van der Waals surface area contributed by atoms with E-state index in [4.69, 9.17) is 0 Å².